The Bertz CT molecular complexity index is 1770. The van der Waals surface area contributed by atoms with Gasteiger partial charge in [0.15, 0.2) is 0 Å². The third-order valence-electron chi connectivity index (χ3n) is 5.32. The standard InChI is InChI=1S/C16H18N4O7S.C10H5Cl2NO2/c1-25-12-8-13(26-2)18-15(17-12)19-16(22)20-28(23,24)9-10-6-4-5-7-11(10)14(21)27-3;11-6-3-5-1-2-7(12)8(10(14)15)9(5)13-4-6/h4-8H,9H2,1-3H3,(H2,17,18,19,20,22);1-4H,(H,14,15). The van der Waals surface area contributed by atoms with Gasteiger partial charge in [-0.2, -0.15) is 9.97 Å². The molecule has 0 fully saturated rings. The Labute approximate surface area is 255 Å². The third-order valence-corrected chi connectivity index (χ3v) is 7.03. The van der Waals surface area contributed by atoms with Gasteiger partial charge in [-0.15, -0.1) is 0 Å². The van der Waals surface area contributed by atoms with Crippen molar-refractivity contribution in [3.8, 4) is 11.8 Å². The van der Waals surface area contributed by atoms with Crippen LogP contribution in [-0.2, 0) is 20.5 Å². The van der Waals surface area contributed by atoms with Gasteiger partial charge in [-0.3, -0.25) is 10.3 Å². The highest BCUT2D eigenvalue weighted by Crippen LogP contribution is 2.26. The fourth-order valence-electron chi connectivity index (χ4n) is 3.49. The molecule has 0 aliphatic carbocycles. The van der Waals surface area contributed by atoms with E-state index in [9.17, 15) is 22.8 Å². The van der Waals surface area contributed by atoms with E-state index in [0.29, 0.717) is 15.9 Å². The second kappa shape index (κ2) is 14.4. The van der Waals surface area contributed by atoms with E-state index in [0.717, 1.165) is 0 Å². The molecule has 0 saturated carbocycles. The number of hydrogen-bond acceptors (Lipinski definition) is 11. The zero-order valence-electron chi connectivity index (χ0n) is 22.6. The largest absolute Gasteiger partial charge is 0.481 e. The number of carboxylic acids is 1. The van der Waals surface area contributed by atoms with Gasteiger partial charge in [0, 0.05) is 11.6 Å². The summed E-state index contributed by atoms with van der Waals surface area (Å²) in [6.45, 7) is 0. The van der Waals surface area contributed by atoms with E-state index >= 15 is 0 Å². The molecule has 2 amide bonds. The van der Waals surface area contributed by atoms with Crippen LogP contribution in [0.4, 0.5) is 10.7 Å². The van der Waals surface area contributed by atoms with Crippen molar-refractivity contribution in [1.82, 2.24) is 19.7 Å². The van der Waals surface area contributed by atoms with Crippen molar-refractivity contribution in [2.24, 2.45) is 0 Å². The van der Waals surface area contributed by atoms with Gasteiger partial charge in [0.25, 0.3) is 0 Å². The SMILES string of the molecule is COC(=O)c1ccccc1CS(=O)(=O)NC(=O)Nc1nc(OC)cc(OC)n1.O=C(O)c1c(Cl)ccc2cc(Cl)cnc12. The van der Waals surface area contributed by atoms with Crippen LogP contribution >= 0.6 is 23.2 Å². The lowest BCUT2D eigenvalue weighted by atomic mass is 10.1. The van der Waals surface area contributed by atoms with Crippen molar-refractivity contribution in [2.75, 3.05) is 26.6 Å². The number of sulfonamides is 1. The third kappa shape index (κ3) is 8.88. The van der Waals surface area contributed by atoms with Gasteiger partial charge in [-0.05, 0) is 23.8 Å². The highest BCUT2D eigenvalue weighted by Gasteiger charge is 2.21. The average Bonchev–Trinajstić information content (AvgIpc) is 2.96. The molecule has 43 heavy (non-hydrogen) atoms. The fourth-order valence-corrected chi connectivity index (χ4v) is 4.95. The number of carbonyl (C=O) groups is 3. The van der Waals surface area contributed by atoms with Crippen molar-refractivity contribution in [1.29, 1.82) is 0 Å². The highest BCUT2D eigenvalue weighted by atomic mass is 35.5. The Kier molecular flexibility index (Phi) is 11.0. The molecule has 0 aliphatic heterocycles. The van der Waals surface area contributed by atoms with E-state index in [1.165, 1.54) is 51.8 Å². The molecular formula is C26H23Cl2N5O9S. The molecule has 0 spiro atoms. The number of nitrogens with one attached hydrogen (secondary N) is 2. The number of urea groups is 1. The Morgan fingerprint density at radius 3 is 2.21 bits per heavy atom. The maximum absolute atomic E-state index is 12.3. The molecule has 0 saturated heterocycles. The molecule has 4 aromatic rings. The van der Waals surface area contributed by atoms with E-state index in [1.54, 1.807) is 24.3 Å². The van der Waals surface area contributed by atoms with Crippen molar-refractivity contribution < 1.29 is 42.1 Å². The van der Waals surface area contributed by atoms with Crippen LogP contribution in [0.25, 0.3) is 10.9 Å². The van der Waals surface area contributed by atoms with Crippen molar-refractivity contribution in [3.05, 3.63) is 81.5 Å². The Morgan fingerprint density at radius 1 is 0.953 bits per heavy atom. The predicted molar refractivity (Wildman–Crippen MR) is 156 cm³/mol. The van der Waals surface area contributed by atoms with Crippen LogP contribution in [0, 0.1) is 0 Å². The molecule has 2 aromatic heterocycles. The number of nitrogens with zero attached hydrogens (tertiary/aromatic N) is 3. The number of pyridine rings is 1. The molecule has 0 atom stereocenters. The number of hydrogen-bond donors (Lipinski definition) is 3. The zero-order chi connectivity index (χ0) is 31.7. The minimum absolute atomic E-state index is 0.00540. The lowest BCUT2D eigenvalue weighted by Crippen LogP contribution is -2.36. The summed E-state index contributed by atoms with van der Waals surface area (Å²) in [6.07, 6.45) is 1.40. The number of rotatable bonds is 8. The van der Waals surface area contributed by atoms with Gasteiger partial charge in [0.05, 0.1) is 54.3 Å². The first-order chi connectivity index (χ1) is 20.4. The molecule has 3 N–H and O–H groups in total. The van der Waals surface area contributed by atoms with E-state index in [1.807, 2.05) is 4.72 Å². The fraction of sp³-hybridized carbons (Fsp3) is 0.154. The smallest absolute Gasteiger partial charge is 0.339 e. The average molecular weight is 652 g/mol. The number of carbonyl (C=O) groups excluding carboxylic acids is 2. The van der Waals surface area contributed by atoms with Crippen LogP contribution in [0.15, 0.2) is 54.7 Å². The molecule has 4 rings (SSSR count). The minimum Gasteiger partial charge on any atom is -0.481 e. The monoisotopic (exact) mass is 651 g/mol. The van der Waals surface area contributed by atoms with Gasteiger partial charge < -0.3 is 19.3 Å². The number of aromatic carboxylic acids is 1. The lowest BCUT2D eigenvalue weighted by Gasteiger charge is -2.11. The molecule has 0 radical (unpaired) electrons. The molecule has 226 valence electrons. The second-order valence-corrected chi connectivity index (χ2v) is 10.8. The number of esters is 1. The lowest BCUT2D eigenvalue weighted by molar-refractivity contribution is 0.0599. The van der Waals surface area contributed by atoms with Gasteiger partial charge in [-0.1, -0.05) is 47.5 Å². The molecular weight excluding hydrogens is 629 g/mol. The van der Waals surface area contributed by atoms with Crippen LogP contribution in [0.3, 0.4) is 0 Å². The van der Waals surface area contributed by atoms with Crippen LogP contribution in [0.2, 0.25) is 10.0 Å². The number of benzene rings is 2. The number of aromatic nitrogens is 3. The quantitative estimate of drug-likeness (QED) is 0.230. The number of anilines is 1. The second-order valence-electron chi connectivity index (χ2n) is 8.19. The molecule has 0 bridgehead atoms. The van der Waals surface area contributed by atoms with Crippen LogP contribution in [0.5, 0.6) is 11.8 Å². The number of methoxy groups -OCH3 is 3. The van der Waals surface area contributed by atoms with Crippen molar-refractivity contribution in [3.63, 3.8) is 0 Å². The number of ether oxygens (including phenoxy) is 3. The predicted octanol–water partition coefficient (Wildman–Crippen LogP) is 4.17. The molecule has 14 nitrogen and oxygen atoms in total. The summed E-state index contributed by atoms with van der Waals surface area (Å²) in [4.78, 5) is 46.4. The summed E-state index contributed by atoms with van der Waals surface area (Å²) >= 11 is 11.5. The van der Waals surface area contributed by atoms with Crippen LogP contribution < -0.4 is 19.5 Å². The Morgan fingerprint density at radius 2 is 1.60 bits per heavy atom. The number of carboxylic acid groups (broad SMARTS) is 1. The number of amides is 2. The first-order valence-corrected chi connectivity index (χ1v) is 14.2. The van der Waals surface area contributed by atoms with Crippen LogP contribution in [-0.4, -0.2) is 67.8 Å². The summed E-state index contributed by atoms with van der Waals surface area (Å²) in [7, 11) is -0.243. The normalized spacial score (nSPS) is 10.6. The van der Waals surface area contributed by atoms with E-state index in [4.69, 9.17) is 37.8 Å². The van der Waals surface area contributed by atoms with Gasteiger partial charge in [0.1, 0.15) is 5.56 Å². The van der Waals surface area contributed by atoms with Gasteiger partial charge >= 0.3 is 18.0 Å². The number of fused-ring (bicyclic) bond motifs is 1. The Balaban J connectivity index is 0.000000282. The van der Waals surface area contributed by atoms with Gasteiger partial charge in [0.2, 0.25) is 27.7 Å². The highest BCUT2D eigenvalue weighted by molar-refractivity contribution is 7.89. The molecule has 17 heteroatoms. The molecule has 0 unspecified atom stereocenters. The van der Waals surface area contributed by atoms with E-state index in [-0.39, 0.29) is 39.4 Å². The first kappa shape index (κ1) is 32.8. The van der Waals surface area contributed by atoms with Crippen molar-refractivity contribution in [2.45, 2.75) is 5.75 Å². The summed E-state index contributed by atoms with van der Waals surface area (Å²) in [5.74, 6) is -2.41. The summed E-state index contributed by atoms with van der Waals surface area (Å²) < 4.78 is 40.9. The Hall–Kier alpha value is -4.73. The first-order valence-electron chi connectivity index (χ1n) is 11.8. The topological polar surface area (TPSA) is 196 Å². The van der Waals surface area contributed by atoms with E-state index in [2.05, 4.69) is 25.0 Å². The summed E-state index contributed by atoms with van der Waals surface area (Å²) in [6, 6.07) is 11.1. The number of halogens is 2. The van der Waals surface area contributed by atoms with Crippen molar-refractivity contribution >= 4 is 68.0 Å². The summed E-state index contributed by atoms with van der Waals surface area (Å²) in [5, 5.41) is 12.4. The molecule has 2 heterocycles. The van der Waals surface area contributed by atoms with E-state index < -0.39 is 33.7 Å². The molecule has 2 aromatic carbocycles. The maximum atomic E-state index is 12.3. The summed E-state index contributed by atoms with van der Waals surface area (Å²) in [5.41, 5.74) is 0.607. The van der Waals surface area contributed by atoms with Crippen LogP contribution in [0.1, 0.15) is 26.3 Å². The zero-order valence-corrected chi connectivity index (χ0v) is 25.0. The maximum Gasteiger partial charge on any atom is 0.339 e. The molecule has 0 aliphatic rings. The minimum atomic E-state index is -4.14. The van der Waals surface area contributed by atoms with Gasteiger partial charge in [-0.25, -0.2) is 27.5 Å².